The number of aryl methyl sites for hydroxylation is 3. The van der Waals surface area contributed by atoms with Gasteiger partial charge in [-0.2, -0.15) is 0 Å². The number of rotatable bonds is 5. The van der Waals surface area contributed by atoms with Gasteiger partial charge in [-0.05, 0) is 52.6 Å². The van der Waals surface area contributed by atoms with E-state index < -0.39 is 9.84 Å². The largest absolute Gasteiger partial charge is 0.370 e. The zero-order chi connectivity index (χ0) is 19.9. The normalized spacial score (nSPS) is 12.1. The molecule has 0 aliphatic rings. The predicted octanol–water partition coefficient (Wildman–Crippen LogP) is 2.59. The Labute approximate surface area is 160 Å². The Morgan fingerprint density at radius 2 is 1.89 bits per heavy atom. The molecule has 0 saturated heterocycles. The fraction of sp³-hybridized carbons (Fsp3) is 0.368. The van der Waals surface area contributed by atoms with Crippen LogP contribution in [0.3, 0.4) is 0 Å². The summed E-state index contributed by atoms with van der Waals surface area (Å²) in [5.41, 5.74) is 3.95. The van der Waals surface area contributed by atoms with Crippen LogP contribution in [0.25, 0.3) is 5.65 Å². The minimum absolute atomic E-state index is 0.109. The first kappa shape index (κ1) is 19.3. The van der Waals surface area contributed by atoms with Crippen LogP contribution in [-0.2, 0) is 16.4 Å². The Kier molecular flexibility index (Phi) is 4.96. The van der Waals surface area contributed by atoms with Crippen molar-refractivity contribution in [2.24, 2.45) is 0 Å². The van der Waals surface area contributed by atoms with Gasteiger partial charge in [0.25, 0.3) is 0 Å². The van der Waals surface area contributed by atoms with Gasteiger partial charge in [-0.3, -0.25) is 0 Å². The van der Waals surface area contributed by atoms with Gasteiger partial charge in [-0.1, -0.05) is 12.1 Å². The lowest BCUT2D eigenvalue weighted by Gasteiger charge is -2.15. The topological polar surface area (TPSA) is 79.6 Å². The van der Waals surface area contributed by atoms with Crippen molar-refractivity contribution in [1.29, 1.82) is 0 Å². The van der Waals surface area contributed by atoms with Crippen molar-refractivity contribution in [3.63, 3.8) is 0 Å². The second-order valence-corrected chi connectivity index (χ2v) is 8.87. The lowest BCUT2D eigenvalue weighted by molar-refractivity contribution is 0.398. The first-order chi connectivity index (χ1) is 12.7. The van der Waals surface area contributed by atoms with Crippen LogP contribution in [-0.4, -0.2) is 49.1 Å². The fourth-order valence-corrected chi connectivity index (χ4v) is 4.80. The van der Waals surface area contributed by atoms with E-state index in [9.17, 15) is 8.42 Å². The molecule has 7 nitrogen and oxygen atoms in total. The summed E-state index contributed by atoms with van der Waals surface area (Å²) in [7, 11) is 1.86. The molecule has 1 aromatic carbocycles. The number of hydrogen-bond acceptors (Lipinski definition) is 6. The third-order valence-corrected chi connectivity index (χ3v) is 6.35. The van der Waals surface area contributed by atoms with Gasteiger partial charge in [-0.25, -0.2) is 17.9 Å². The number of aromatic nitrogens is 3. The van der Waals surface area contributed by atoms with Crippen molar-refractivity contribution < 1.29 is 8.42 Å². The van der Waals surface area contributed by atoms with Gasteiger partial charge < -0.3 is 10.2 Å². The van der Waals surface area contributed by atoms with Gasteiger partial charge in [-0.15, -0.1) is 5.10 Å². The quantitative estimate of drug-likeness (QED) is 0.725. The summed E-state index contributed by atoms with van der Waals surface area (Å²) in [5, 5.41) is 7.42. The SMILES string of the molecule is CNc1nn2c(C)c(CN(C)C)c(C)nc2c1S(=O)(=O)c1cccc(C)c1. The van der Waals surface area contributed by atoms with Gasteiger partial charge in [0.05, 0.1) is 4.90 Å². The lowest BCUT2D eigenvalue weighted by Crippen LogP contribution is -2.16. The van der Waals surface area contributed by atoms with Crippen molar-refractivity contribution in [2.75, 3.05) is 26.5 Å². The maximum atomic E-state index is 13.4. The molecule has 0 aliphatic carbocycles. The average Bonchev–Trinajstić information content (AvgIpc) is 2.97. The van der Waals surface area contributed by atoms with Crippen molar-refractivity contribution in [2.45, 2.75) is 37.1 Å². The van der Waals surface area contributed by atoms with Gasteiger partial charge in [0.1, 0.15) is 0 Å². The molecule has 0 saturated carbocycles. The molecule has 0 aliphatic heterocycles. The van der Waals surface area contributed by atoms with E-state index in [4.69, 9.17) is 0 Å². The Balaban J connectivity index is 2.33. The van der Waals surface area contributed by atoms with Crippen LogP contribution < -0.4 is 5.32 Å². The zero-order valence-corrected chi connectivity index (χ0v) is 17.3. The molecule has 2 heterocycles. The van der Waals surface area contributed by atoms with Crippen LogP contribution in [0.1, 0.15) is 22.5 Å². The molecule has 0 atom stereocenters. The molecule has 0 amide bonds. The van der Waals surface area contributed by atoms with Crippen LogP contribution in [0.2, 0.25) is 0 Å². The third-order valence-electron chi connectivity index (χ3n) is 4.56. The molecule has 27 heavy (non-hydrogen) atoms. The van der Waals surface area contributed by atoms with E-state index in [1.54, 1.807) is 29.8 Å². The first-order valence-electron chi connectivity index (χ1n) is 8.70. The van der Waals surface area contributed by atoms with Gasteiger partial charge in [0.15, 0.2) is 16.4 Å². The molecule has 0 bridgehead atoms. The summed E-state index contributed by atoms with van der Waals surface area (Å²) in [6.07, 6.45) is 0. The van der Waals surface area contributed by atoms with Crippen molar-refractivity contribution in [3.8, 4) is 0 Å². The van der Waals surface area contributed by atoms with E-state index in [2.05, 4.69) is 20.3 Å². The summed E-state index contributed by atoms with van der Waals surface area (Å²) < 4.78 is 28.4. The Morgan fingerprint density at radius 3 is 2.48 bits per heavy atom. The summed E-state index contributed by atoms with van der Waals surface area (Å²) in [4.78, 5) is 7.03. The highest BCUT2D eigenvalue weighted by Gasteiger charge is 2.29. The van der Waals surface area contributed by atoms with Crippen LogP contribution >= 0.6 is 0 Å². The maximum Gasteiger partial charge on any atom is 0.214 e. The molecule has 0 spiro atoms. The monoisotopic (exact) mass is 387 g/mol. The number of fused-ring (bicyclic) bond motifs is 1. The predicted molar refractivity (Wildman–Crippen MR) is 106 cm³/mol. The fourth-order valence-electron chi connectivity index (χ4n) is 3.20. The summed E-state index contributed by atoms with van der Waals surface area (Å²) in [5.74, 6) is 0.300. The van der Waals surface area contributed by atoms with Gasteiger partial charge >= 0.3 is 0 Å². The van der Waals surface area contributed by atoms with E-state index in [0.717, 1.165) is 22.5 Å². The van der Waals surface area contributed by atoms with E-state index in [-0.39, 0.29) is 9.79 Å². The van der Waals surface area contributed by atoms with Crippen LogP contribution in [0, 0.1) is 20.8 Å². The Bertz CT molecular complexity index is 1120. The number of anilines is 1. The van der Waals surface area contributed by atoms with Crippen LogP contribution in [0.4, 0.5) is 5.82 Å². The summed E-state index contributed by atoms with van der Waals surface area (Å²) >= 11 is 0. The maximum absolute atomic E-state index is 13.4. The van der Waals surface area contributed by atoms with E-state index in [1.807, 2.05) is 40.9 Å². The molecule has 3 rings (SSSR count). The smallest absolute Gasteiger partial charge is 0.214 e. The molecule has 0 unspecified atom stereocenters. The number of nitrogens with one attached hydrogen (secondary N) is 1. The van der Waals surface area contributed by atoms with Crippen molar-refractivity contribution >= 4 is 21.3 Å². The van der Waals surface area contributed by atoms with Gasteiger partial charge in [0.2, 0.25) is 9.84 Å². The molecule has 0 radical (unpaired) electrons. The van der Waals surface area contributed by atoms with E-state index in [0.29, 0.717) is 18.0 Å². The second kappa shape index (κ2) is 6.94. The lowest BCUT2D eigenvalue weighted by atomic mass is 10.1. The van der Waals surface area contributed by atoms with E-state index in [1.165, 1.54) is 0 Å². The second-order valence-electron chi connectivity index (χ2n) is 6.98. The molecule has 2 aromatic heterocycles. The molecular formula is C19H25N5O2S. The minimum atomic E-state index is -3.78. The highest BCUT2D eigenvalue weighted by Crippen LogP contribution is 2.32. The number of nitrogens with zero attached hydrogens (tertiary/aromatic N) is 4. The van der Waals surface area contributed by atoms with Crippen molar-refractivity contribution in [3.05, 3.63) is 46.8 Å². The van der Waals surface area contributed by atoms with E-state index >= 15 is 0 Å². The molecule has 144 valence electrons. The summed E-state index contributed by atoms with van der Waals surface area (Å²) in [6, 6.07) is 6.88. The first-order valence-corrected chi connectivity index (χ1v) is 10.2. The highest BCUT2D eigenvalue weighted by atomic mass is 32.2. The summed E-state index contributed by atoms with van der Waals surface area (Å²) in [6.45, 7) is 6.42. The van der Waals surface area contributed by atoms with Crippen LogP contribution in [0.15, 0.2) is 34.1 Å². The average molecular weight is 388 g/mol. The number of sulfone groups is 1. The van der Waals surface area contributed by atoms with Crippen LogP contribution in [0.5, 0.6) is 0 Å². The molecule has 1 N–H and O–H groups in total. The number of benzene rings is 1. The molecular weight excluding hydrogens is 362 g/mol. The zero-order valence-electron chi connectivity index (χ0n) is 16.5. The highest BCUT2D eigenvalue weighted by molar-refractivity contribution is 7.91. The number of hydrogen-bond donors (Lipinski definition) is 1. The Hall–Kier alpha value is -2.45. The van der Waals surface area contributed by atoms with Gasteiger partial charge in [0, 0.05) is 30.5 Å². The molecule has 3 aromatic rings. The third kappa shape index (κ3) is 3.30. The molecule has 0 fully saturated rings. The van der Waals surface area contributed by atoms with Crippen molar-refractivity contribution in [1.82, 2.24) is 19.5 Å². The molecule has 8 heteroatoms. The Morgan fingerprint density at radius 1 is 1.19 bits per heavy atom. The standard InChI is InChI=1S/C19H25N5O2S/c1-12-8-7-9-15(10-12)27(25,26)17-18(20-4)22-24-14(3)16(11-23(5)6)13(2)21-19(17)24/h7-10H,11H2,1-6H3,(H,20,22). The minimum Gasteiger partial charge on any atom is -0.370 e.